The van der Waals surface area contributed by atoms with Gasteiger partial charge in [-0.2, -0.15) is 0 Å². The summed E-state index contributed by atoms with van der Waals surface area (Å²) in [5, 5.41) is 9.46. The molecule has 1 aliphatic carbocycles. The van der Waals surface area contributed by atoms with Crippen molar-refractivity contribution in [3.8, 4) is 0 Å². The predicted molar refractivity (Wildman–Crippen MR) is 90.8 cm³/mol. The minimum absolute atomic E-state index is 0.501. The number of methoxy groups -OCH3 is 1. The van der Waals surface area contributed by atoms with E-state index in [1.165, 1.54) is 84.2 Å². The van der Waals surface area contributed by atoms with E-state index in [-0.39, 0.29) is 0 Å². The van der Waals surface area contributed by atoms with Crippen molar-refractivity contribution in [3.63, 3.8) is 0 Å². The molecule has 3 heteroatoms. The van der Waals surface area contributed by atoms with Crippen LogP contribution < -0.4 is 0 Å². The molecule has 0 aromatic carbocycles. The number of aliphatic hydroxyl groups excluding tert-OH is 1. The van der Waals surface area contributed by atoms with Crippen LogP contribution in [0.3, 0.4) is 0 Å². The zero-order valence-corrected chi connectivity index (χ0v) is 14.5. The van der Waals surface area contributed by atoms with Gasteiger partial charge in [-0.3, -0.25) is 0 Å². The van der Waals surface area contributed by atoms with Gasteiger partial charge in [-0.25, -0.2) is 4.79 Å². The molecule has 0 aliphatic heterocycles. The van der Waals surface area contributed by atoms with Crippen molar-refractivity contribution in [2.24, 2.45) is 5.92 Å². The van der Waals surface area contributed by atoms with Crippen LogP contribution >= 0.6 is 0 Å². The van der Waals surface area contributed by atoms with Gasteiger partial charge in [-0.05, 0) is 12.3 Å². The lowest BCUT2D eigenvalue weighted by Crippen LogP contribution is -2.21. The molecule has 1 fully saturated rings. The molecule has 22 heavy (non-hydrogen) atoms. The highest BCUT2D eigenvalue weighted by Crippen LogP contribution is 2.27. The Labute approximate surface area is 136 Å². The molecule has 0 radical (unpaired) electrons. The van der Waals surface area contributed by atoms with Crippen molar-refractivity contribution in [1.82, 2.24) is 0 Å². The molecular weight excluding hydrogens is 276 g/mol. The lowest BCUT2D eigenvalue weighted by Gasteiger charge is -2.13. The molecule has 1 aliphatic rings. The highest BCUT2D eigenvalue weighted by molar-refractivity contribution is 5.74. The minimum atomic E-state index is -0.926. The molecule has 0 unspecified atom stereocenters. The highest BCUT2D eigenvalue weighted by atomic mass is 16.5. The summed E-state index contributed by atoms with van der Waals surface area (Å²) in [7, 11) is 1.32. The van der Waals surface area contributed by atoms with Gasteiger partial charge >= 0.3 is 5.97 Å². The van der Waals surface area contributed by atoms with Gasteiger partial charge in [0.25, 0.3) is 0 Å². The van der Waals surface area contributed by atoms with Crippen molar-refractivity contribution in [2.75, 3.05) is 7.11 Å². The molecule has 0 aromatic rings. The normalized spacial score (nSPS) is 17.9. The summed E-state index contributed by atoms with van der Waals surface area (Å²) in [5.41, 5.74) is 0. The van der Waals surface area contributed by atoms with E-state index in [2.05, 4.69) is 4.74 Å². The van der Waals surface area contributed by atoms with Crippen molar-refractivity contribution in [1.29, 1.82) is 0 Å². The highest BCUT2D eigenvalue weighted by Gasteiger charge is 2.14. The van der Waals surface area contributed by atoms with E-state index in [1.54, 1.807) is 0 Å². The lowest BCUT2D eigenvalue weighted by atomic mass is 9.93. The van der Waals surface area contributed by atoms with Gasteiger partial charge in [0, 0.05) is 0 Å². The van der Waals surface area contributed by atoms with Crippen LogP contribution in [0, 0.1) is 5.92 Å². The molecule has 1 rings (SSSR count). The number of hydrogen-bond acceptors (Lipinski definition) is 3. The maximum Gasteiger partial charge on any atom is 0.334 e. The van der Waals surface area contributed by atoms with Gasteiger partial charge in [-0.15, -0.1) is 0 Å². The van der Waals surface area contributed by atoms with Crippen LogP contribution in [-0.2, 0) is 9.53 Å². The zero-order chi connectivity index (χ0) is 16.0. The lowest BCUT2D eigenvalue weighted by molar-refractivity contribution is -0.150. The van der Waals surface area contributed by atoms with E-state index in [9.17, 15) is 9.90 Å². The van der Waals surface area contributed by atoms with Crippen molar-refractivity contribution < 1.29 is 14.6 Å². The summed E-state index contributed by atoms with van der Waals surface area (Å²) in [6.45, 7) is 0. The maximum absolute atomic E-state index is 11.0. The molecule has 3 nitrogen and oxygen atoms in total. The van der Waals surface area contributed by atoms with Gasteiger partial charge in [0.2, 0.25) is 0 Å². The van der Waals surface area contributed by atoms with Crippen molar-refractivity contribution in [3.05, 3.63) is 0 Å². The quantitative estimate of drug-likeness (QED) is 0.332. The van der Waals surface area contributed by atoms with Crippen LogP contribution in [0.25, 0.3) is 0 Å². The van der Waals surface area contributed by atoms with Gasteiger partial charge in [0.1, 0.15) is 0 Å². The third-order valence-electron chi connectivity index (χ3n) is 5.04. The van der Waals surface area contributed by atoms with E-state index >= 15 is 0 Å². The molecule has 130 valence electrons. The van der Waals surface area contributed by atoms with Gasteiger partial charge in [-0.1, -0.05) is 89.9 Å². The van der Waals surface area contributed by atoms with E-state index in [1.807, 2.05) is 0 Å². The Bertz CT molecular complexity index is 270. The molecular formula is C19H36O3. The first-order valence-corrected chi connectivity index (χ1v) is 9.50. The molecule has 1 atom stereocenters. The Morgan fingerprint density at radius 1 is 0.955 bits per heavy atom. The third-order valence-corrected chi connectivity index (χ3v) is 5.04. The Balaban J connectivity index is 1.84. The van der Waals surface area contributed by atoms with Crippen LogP contribution in [0.2, 0.25) is 0 Å². The number of esters is 1. The van der Waals surface area contributed by atoms with E-state index < -0.39 is 12.1 Å². The average Bonchev–Trinajstić information content (AvgIpc) is 2.81. The second kappa shape index (κ2) is 12.9. The number of hydrogen-bond donors (Lipinski definition) is 1. The first-order chi connectivity index (χ1) is 10.7. The molecule has 0 heterocycles. The number of ether oxygens (including phenoxy) is 1. The molecule has 0 bridgehead atoms. The Morgan fingerprint density at radius 3 is 2.09 bits per heavy atom. The number of rotatable bonds is 11. The summed E-state index contributed by atoms with van der Waals surface area (Å²) in [6.07, 6.45) is 18.5. The fourth-order valence-corrected chi connectivity index (χ4v) is 3.56. The fraction of sp³-hybridized carbons (Fsp3) is 0.947. The van der Waals surface area contributed by atoms with Crippen LogP contribution in [0.1, 0.15) is 96.3 Å². The van der Waals surface area contributed by atoms with Crippen molar-refractivity contribution >= 4 is 5.97 Å². The van der Waals surface area contributed by atoms with E-state index in [0.29, 0.717) is 6.42 Å². The largest absolute Gasteiger partial charge is 0.467 e. The maximum atomic E-state index is 11.0. The van der Waals surface area contributed by atoms with Crippen LogP contribution in [0.5, 0.6) is 0 Å². The Hall–Kier alpha value is -0.570. The molecule has 0 spiro atoms. The fourth-order valence-electron chi connectivity index (χ4n) is 3.56. The molecule has 0 aromatic heterocycles. The smallest absolute Gasteiger partial charge is 0.334 e. The summed E-state index contributed by atoms with van der Waals surface area (Å²) in [5.74, 6) is 0.515. The Kier molecular flexibility index (Phi) is 11.4. The topological polar surface area (TPSA) is 46.5 Å². The average molecular weight is 312 g/mol. The first kappa shape index (κ1) is 19.5. The van der Waals surface area contributed by atoms with Crippen LogP contribution in [0.4, 0.5) is 0 Å². The summed E-state index contributed by atoms with van der Waals surface area (Å²) < 4.78 is 4.50. The minimum Gasteiger partial charge on any atom is -0.467 e. The first-order valence-electron chi connectivity index (χ1n) is 9.50. The number of carbonyl (C=O) groups is 1. The van der Waals surface area contributed by atoms with Gasteiger partial charge in [0.05, 0.1) is 7.11 Å². The standard InChI is InChI=1S/C19H36O3/c1-22-19(21)18(20)16-12-6-4-2-3-5-9-13-17-14-10-7-8-11-15-17/h17-18,20H,2-16H2,1H3/t18-/m1/s1. The SMILES string of the molecule is COC(=O)[C@H](O)CCCCCCCCCC1CCCCCC1. The van der Waals surface area contributed by atoms with E-state index in [4.69, 9.17) is 0 Å². The van der Waals surface area contributed by atoms with Crippen molar-refractivity contribution in [2.45, 2.75) is 102 Å². The number of carbonyl (C=O) groups excluding carboxylic acids is 1. The number of aliphatic hydroxyl groups is 1. The Morgan fingerprint density at radius 2 is 1.50 bits per heavy atom. The van der Waals surface area contributed by atoms with Gasteiger partial charge in [0.15, 0.2) is 6.10 Å². The molecule has 0 saturated heterocycles. The molecule has 0 amide bonds. The zero-order valence-electron chi connectivity index (χ0n) is 14.5. The summed E-state index contributed by atoms with van der Waals surface area (Å²) >= 11 is 0. The number of unbranched alkanes of at least 4 members (excludes halogenated alkanes) is 6. The predicted octanol–water partition coefficient (Wildman–Crippen LogP) is 5.00. The second-order valence-electron chi connectivity index (χ2n) is 6.95. The monoisotopic (exact) mass is 312 g/mol. The van der Waals surface area contributed by atoms with Gasteiger partial charge < -0.3 is 9.84 Å². The summed E-state index contributed by atoms with van der Waals surface area (Å²) in [6, 6.07) is 0. The second-order valence-corrected chi connectivity index (χ2v) is 6.95. The van der Waals surface area contributed by atoms with Crippen LogP contribution in [-0.4, -0.2) is 24.3 Å². The van der Waals surface area contributed by atoms with E-state index in [0.717, 1.165) is 18.8 Å². The van der Waals surface area contributed by atoms with Crippen LogP contribution in [0.15, 0.2) is 0 Å². The third kappa shape index (κ3) is 9.45. The molecule has 1 N–H and O–H groups in total. The summed E-state index contributed by atoms with van der Waals surface area (Å²) in [4.78, 5) is 11.0. The molecule has 1 saturated carbocycles.